The van der Waals surface area contributed by atoms with Crippen LogP contribution >= 0.6 is 11.6 Å². The second-order valence-corrected chi connectivity index (χ2v) is 5.26. The number of nitrogens with one attached hydrogen (secondary N) is 1. The molecule has 0 bridgehead atoms. The van der Waals surface area contributed by atoms with Crippen LogP contribution in [0.3, 0.4) is 0 Å². The Hall–Kier alpha value is -2.20. The molecule has 0 aromatic heterocycles. The molecule has 122 valence electrons. The first kappa shape index (κ1) is 17.2. The fourth-order valence-electron chi connectivity index (χ4n) is 2.07. The summed E-state index contributed by atoms with van der Waals surface area (Å²) in [6.45, 7) is 1.21. The molecule has 0 unspecified atom stereocenters. The van der Waals surface area contributed by atoms with Gasteiger partial charge in [0.1, 0.15) is 19.0 Å². The zero-order chi connectivity index (χ0) is 16.3. The summed E-state index contributed by atoms with van der Waals surface area (Å²) in [6.07, 6.45) is 0.242. The van der Waals surface area contributed by atoms with E-state index in [1.165, 1.54) is 0 Å². The van der Waals surface area contributed by atoms with Crippen molar-refractivity contribution in [2.24, 2.45) is 0 Å². The Labute approximate surface area is 141 Å². The van der Waals surface area contributed by atoms with Crippen molar-refractivity contribution < 1.29 is 14.3 Å². The van der Waals surface area contributed by atoms with E-state index in [4.69, 9.17) is 21.1 Å². The molecule has 0 saturated carbocycles. The highest BCUT2D eigenvalue weighted by molar-refractivity contribution is 6.18. The SMILES string of the molecule is O=C(NCCc1ccccc1OCCCl)OCc1ccccc1. The van der Waals surface area contributed by atoms with E-state index < -0.39 is 6.09 Å². The average Bonchev–Trinajstić information content (AvgIpc) is 2.60. The highest BCUT2D eigenvalue weighted by Crippen LogP contribution is 2.18. The summed E-state index contributed by atoms with van der Waals surface area (Å²) in [6, 6.07) is 17.3. The minimum atomic E-state index is -0.423. The first-order valence-corrected chi connectivity index (χ1v) is 8.04. The standard InChI is InChI=1S/C18H20ClNO3/c19-11-13-22-17-9-5-4-8-16(17)10-12-20-18(21)23-14-15-6-2-1-3-7-15/h1-9H,10-14H2,(H,20,21). The van der Waals surface area contributed by atoms with Gasteiger partial charge in [-0.2, -0.15) is 0 Å². The van der Waals surface area contributed by atoms with Crippen molar-refractivity contribution >= 4 is 17.7 Å². The predicted molar refractivity (Wildman–Crippen MR) is 91.0 cm³/mol. The molecule has 0 heterocycles. The van der Waals surface area contributed by atoms with Gasteiger partial charge in [-0.25, -0.2) is 4.79 Å². The van der Waals surface area contributed by atoms with Crippen molar-refractivity contribution in [2.75, 3.05) is 19.0 Å². The topological polar surface area (TPSA) is 47.6 Å². The Kier molecular flexibility index (Phi) is 7.27. The molecule has 0 radical (unpaired) electrons. The highest BCUT2D eigenvalue weighted by Gasteiger charge is 2.05. The molecule has 2 aromatic rings. The molecule has 0 aliphatic carbocycles. The fraction of sp³-hybridized carbons (Fsp3) is 0.278. The lowest BCUT2D eigenvalue weighted by Gasteiger charge is -2.11. The second-order valence-electron chi connectivity index (χ2n) is 4.88. The van der Waals surface area contributed by atoms with Crippen LogP contribution in [0, 0.1) is 0 Å². The molecule has 0 saturated heterocycles. The van der Waals surface area contributed by atoms with Crippen LogP contribution in [0.4, 0.5) is 4.79 Å². The number of carbonyl (C=O) groups is 1. The second kappa shape index (κ2) is 9.74. The van der Waals surface area contributed by atoms with E-state index >= 15 is 0 Å². The number of amides is 1. The van der Waals surface area contributed by atoms with Gasteiger partial charge in [0.2, 0.25) is 0 Å². The molecule has 2 aromatic carbocycles. The van der Waals surface area contributed by atoms with E-state index in [1.54, 1.807) is 0 Å². The Morgan fingerprint density at radius 1 is 1.04 bits per heavy atom. The lowest BCUT2D eigenvalue weighted by atomic mass is 10.1. The third-order valence-electron chi connectivity index (χ3n) is 3.18. The summed E-state index contributed by atoms with van der Waals surface area (Å²) in [5.41, 5.74) is 1.99. The molecule has 0 atom stereocenters. The van der Waals surface area contributed by atoms with Crippen LogP contribution < -0.4 is 10.1 Å². The van der Waals surface area contributed by atoms with E-state index in [2.05, 4.69) is 5.32 Å². The van der Waals surface area contributed by atoms with E-state index in [0.717, 1.165) is 16.9 Å². The summed E-state index contributed by atoms with van der Waals surface area (Å²) in [5.74, 6) is 1.24. The lowest BCUT2D eigenvalue weighted by Crippen LogP contribution is -2.26. The summed E-state index contributed by atoms with van der Waals surface area (Å²) >= 11 is 5.64. The van der Waals surface area contributed by atoms with Crippen LogP contribution in [0.15, 0.2) is 54.6 Å². The molecule has 0 aliphatic heterocycles. The van der Waals surface area contributed by atoms with Crippen molar-refractivity contribution in [1.29, 1.82) is 0 Å². The van der Waals surface area contributed by atoms with Crippen LogP contribution in [0.25, 0.3) is 0 Å². The van der Waals surface area contributed by atoms with Crippen LogP contribution in [0.2, 0.25) is 0 Å². The van der Waals surface area contributed by atoms with Crippen molar-refractivity contribution in [3.05, 3.63) is 65.7 Å². The van der Waals surface area contributed by atoms with Gasteiger partial charge < -0.3 is 14.8 Å². The van der Waals surface area contributed by atoms with E-state index in [0.29, 0.717) is 25.5 Å². The Morgan fingerprint density at radius 2 is 1.78 bits per heavy atom. The molecule has 0 aliphatic rings. The largest absolute Gasteiger partial charge is 0.492 e. The van der Waals surface area contributed by atoms with Crippen molar-refractivity contribution in [3.8, 4) is 5.75 Å². The van der Waals surface area contributed by atoms with Gasteiger partial charge in [-0.3, -0.25) is 0 Å². The first-order valence-electron chi connectivity index (χ1n) is 7.51. The van der Waals surface area contributed by atoms with Gasteiger partial charge >= 0.3 is 6.09 Å². The normalized spacial score (nSPS) is 10.1. The molecule has 4 nitrogen and oxygen atoms in total. The predicted octanol–water partition coefficient (Wildman–Crippen LogP) is 3.77. The van der Waals surface area contributed by atoms with Gasteiger partial charge in [0.15, 0.2) is 0 Å². The number of para-hydroxylation sites is 1. The number of ether oxygens (including phenoxy) is 2. The van der Waals surface area contributed by atoms with Crippen molar-refractivity contribution in [3.63, 3.8) is 0 Å². The zero-order valence-electron chi connectivity index (χ0n) is 12.8. The van der Waals surface area contributed by atoms with E-state index in [9.17, 15) is 4.79 Å². The maximum absolute atomic E-state index is 11.7. The molecule has 0 fully saturated rings. The molecule has 2 rings (SSSR count). The smallest absolute Gasteiger partial charge is 0.407 e. The Balaban J connectivity index is 1.73. The molecule has 1 amide bonds. The minimum absolute atomic E-state index is 0.266. The quantitative estimate of drug-likeness (QED) is 0.748. The lowest BCUT2D eigenvalue weighted by molar-refractivity contribution is 0.140. The number of benzene rings is 2. The monoisotopic (exact) mass is 333 g/mol. The van der Waals surface area contributed by atoms with Gasteiger partial charge in [0.25, 0.3) is 0 Å². The summed E-state index contributed by atoms with van der Waals surface area (Å²) in [7, 11) is 0. The van der Waals surface area contributed by atoms with E-state index in [-0.39, 0.29) is 6.61 Å². The van der Waals surface area contributed by atoms with E-state index in [1.807, 2.05) is 54.6 Å². The van der Waals surface area contributed by atoms with Crippen molar-refractivity contribution in [2.45, 2.75) is 13.0 Å². The molecular weight excluding hydrogens is 314 g/mol. The number of rotatable bonds is 8. The maximum atomic E-state index is 11.7. The van der Waals surface area contributed by atoms with Gasteiger partial charge in [0, 0.05) is 6.54 Å². The summed E-state index contributed by atoms with van der Waals surface area (Å²) in [5, 5.41) is 2.74. The molecule has 0 spiro atoms. The number of hydrogen-bond donors (Lipinski definition) is 1. The number of carbonyl (C=O) groups excluding carboxylic acids is 1. The molecule has 5 heteroatoms. The first-order chi connectivity index (χ1) is 11.3. The van der Waals surface area contributed by atoms with Crippen LogP contribution in [0.5, 0.6) is 5.75 Å². The third-order valence-corrected chi connectivity index (χ3v) is 3.34. The third kappa shape index (κ3) is 6.20. The number of halogens is 1. The number of alkyl halides is 1. The summed E-state index contributed by atoms with van der Waals surface area (Å²) in [4.78, 5) is 11.7. The highest BCUT2D eigenvalue weighted by atomic mass is 35.5. The van der Waals surface area contributed by atoms with Crippen LogP contribution in [-0.2, 0) is 17.8 Å². The van der Waals surface area contributed by atoms with Gasteiger partial charge in [-0.15, -0.1) is 11.6 Å². The zero-order valence-corrected chi connectivity index (χ0v) is 13.6. The van der Waals surface area contributed by atoms with Crippen LogP contribution in [0.1, 0.15) is 11.1 Å². The van der Waals surface area contributed by atoms with Gasteiger partial charge in [-0.1, -0.05) is 48.5 Å². The molecule has 23 heavy (non-hydrogen) atoms. The Bertz CT molecular complexity index is 604. The average molecular weight is 334 g/mol. The van der Waals surface area contributed by atoms with Crippen LogP contribution in [-0.4, -0.2) is 25.1 Å². The van der Waals surface area contributed by atoms with Gasteiger partial charge in [0.05, 0.1) is 5.88 Å². The van der Waals surface area contributed by atoms with Crippen molar-refractivity contribution in [1.82, 2.24) is 5.32 Å². The minimum Gasteiger partial charge on any atom is -0.492 e. The fourth-order valence-corrected chi connectivity index (χ4v) is 2.15. The molecular formula is C18H20ClNO3. The molecule has 1 N–H and O–H groups in total. The maximum Gasteiger partial charge on any atom is 0.407 e. The van der Waals surface area contributed by atoms with Gasteiger partial charge in [-0.05, 0) is 23.6 Å². The number of alkyl carbamates (subject to hydrolysis) is 1. The number of hydrogen-bond acceptors (Lipinski definition) is 3. The summed E-state index contributed by atoms with van der Waals surface area (Å²) < 4.78 is 10.7. The Morgan fingerprint density at radius 3 is 2.57 bits per heavy atom.